The van der Waals surface area contributed by atoms with Gasteiger partial charge in [0.05, 0.1) is 13.7 Å². The molecule has 3 atom stereocenters. The number of azide groups is 1. The summed E-state index contributed by atoms with van der Waals surface area (Å²) in [6, 6.07) is 8.71. The summed E-state index contributed by atoms with van der Waals surface area (Å²) in [5.74, 6) is 1.82. The van der Waals surface area contributed by atoms with Crippen LogP contribution in [0.1, 0.15) is 50.5 Å². The van der Waals surface area contributed by atoms with Gasteiger partial charge in [-0.1, -0.05) is 53.9 Å². The van der Waals surface area contributed by atoms with Crippen LogP contribution in [0.2, 0.25) is 0 Å². The van der Waals surface area contributed by atoms with Crippen LogP contribution in [0.3, 0.4) is 0 Å². The molecule has 2 rings (SSSR count). The van der Waals surface area contributed by atoms with Gasteiger partial charge in [0, 0.05) is 30.8 Å². The van der Waals surface area contributed by atoms with Crippen molar-refractivity contribution in [3.05, 3.63) is 58.5 Å². The van der Waals surface area contributed by atoms with E-state index < -0.39 is 36.2 Å². The van der Waals surface area contributed by atoms with Crippen molar-refractivity contribution in [1.29, 1.82) is 0 Å². The van der Waals surface area contributed by atoms with Crippen LogP contribution in [0.25, 0.3) is 10.4 Å². The normalized spacial score (nSPS) is 14.7. The lowest BCUT2D eigenvalue weighted by atomic mass is 10.1. The lowest BCUT2D eigenvalue weighted by molar-refractivity contribution is -0.214. The largest absolute Gasteiger partial charge is 0.468 e. The predicted molar refractivity (Wildman–Crippen MR) is 154 cm³/mol. The molecule has 1 fully saturated rings. The number of hydroxylamine groups is 3. The second-order valence-corrected chi connectivity index (χ2v) is 9.76. The summed E-state index contributed by atoms with van der Waals surface area (Å²) < 4.78 is 10.6. The van der Waals surface area contributed by atoms with Gasteiger partial charge in [0.2, 0.25) is 5.91 Å². The number of esters is 1. The van der Waals surface area contributed by atoms with E-state index in [0.717, 1.165) is 18.4 Å². The number of nitrogens with zero attached hydrogens (tertiary/aromatic N) is 4. The van der Waals surface area contributed by atoms with Gasteiger partial charge in [-0.2, -0.15) is 5.06 Å². The first-order valence-corrected chi connectivity index (χ1v) is 14.0. The fourth-order valence-electron chi connectivity index (χ4n) is 4.12. The molecule has 0 saturated heterocycles. The minimum absolute atomic E-state index is 0.0492. The number of amides is 2. The average molecular weight is 585 g/mol. The van der Waals surface area contributed by atoms with E-state index in [9.17, 15) is 14.4 Å². The number of rotatable bonds is 20. The third-order valence-corrected chi connectivity index (χ3v) is 6.51. The molecule has 0 aromatic heterocycles. The number of ether oxygens (including phenoxy) is 2. The van der Waals surface area contributed by atoms with Gasteiger partial charge in [0.1, 0.15) is 18.2 Å². The summed E-state index contributed by atoms with van der Waals surface area (Å²) in [7, 11) is 1.32. The Labute approximate surface area is 246 Å². The SMILES string of the molecule is C#CCN(O[C@@H](/C=C/[C@H](CCN=[N+]=[N-])OC(=O)NCCCCCC(=O)NO)C1CC1)[C@@H](Cc1ccccc1)C(=O)OC. The first-order valence-electron chi connectivity index (χ1n) is 14.0. The zero-order valence-electron chi connectivity index (χ0n) is 23.9. The van der Waals surface area contributed by atoms with Crippen molar-refractivity contribution in [3.63, 3.8) is 0 Å². The van der Waals surface area contributed by atoms with Crippen LogP contribution >= 0.6 is 0 Å². The summed E-state index contributed by atoms with van der Waals surface area (Å²) >= 11 is 0. The quantitative estimate of drug-likeness (QED) is 0.0238. The first-order chi connectivity index (χ1) is 20.4. The minimum Gasteiger partial charge on any atom is -0.468 e. The van der Waals surface area contributed by atoms with Crippen molar-refractivity contribution in [2.75, 3.05) is 26.7 Å². The Morgan fingerprint density at radius 1 is 1.24 bits per heavy atom. The van der Waals surface area contributed by atoms with Gasteiger partial charge in [-0.25, -0.2) is 10.3 Å². The third kappa shape index (κ3) is 13.5. The Hall–Kier alpha value is -4.08. The van der Waals surface area contributed by atoms with Crippen molar-refractivity contribution in [3.8, 4) is 12.3 Å². The smallest absolute Gasteiger partial charge is 0.407 e. The molecule has 0 aliphatic heterocycles. The molecule has 42 heavy (non-hydrogen) atoms. The fourth-order valence-corrected chi connectivity index (χ4v) is 4.12. The molecule has 1 saturated carbocycles. The van der Waals surface area contributed by atoms with Gasteiger partial charge < -0.3 is 14.8 Å². The number of carbonyl (C=O) groups is 3. The maximum Gasteiger partial charge on any atom is 0.407 e. The number of hydrogen-bond donors (Lipinski definition) is 3. The standard InChI is InChI=1S/C29H40N6O7/c1-3-20-35(25(28(37)40-2)21-22-10-6-4-7-11-22)42-26(23-13-14-23)16-15-24(17-19-32-34-30)41-29(38)31-18-9-5-8-12-27(36)33-39/h1,4,6-7,10-11,15-16,23-26,39H,5,8-9,12-14,17-21H2,2H3,(H,31,38)(H,33,36)/b16-15+/t24-,25+,26+/m1/s1. The second-order valence-electron chi connectivity index (χ2n) is 9.76. The van der Waals surface area contributed by atoms with Gasteiger partial charge in [-0.15, -0.1) is 6.42 Å². The van der Waals surface area contributed by atoms with E-state index in [1.165, 1.54) is 12.2 Å². The molecule has 13 heteroatoms. The van der Waals surface area contributed by atoms with Crippen LogP contribution in [0, 0.1) is 18.3 Å². The van der Waals surface area contributed by atoms with E-state index in [1.54, 1.807) is 17.6 Å². The molecule has 0 bridgehead atoms. The highest BCUT2D eigenvalue weighted by atomic mass is 16.7. The molecule has 1 aromatic rings. The Bertz CT molecular complexity index is 1100. The molecule has 0 radical (unpaired) electrons. The lowest BCUT2D eigenvalue weighted by Gasteiger charge is -2.30. The maximum atomic E-state index is 12.8. The third-order valence-electron chi connectivity index (χ3n) is 6.51. The van der Waals surface area contributed by atoms with Crippen LogP contribution in [0.4, 0.5) is 4.79 Å². The zero-order chi connectivity index (χ0) is 30.6. The van der Waals surface area contributed by atoms with Gasteiger partial charge in [0.25, 0.3) is 0 Å². The Morgan fingerprint density at radius 2 is 2.00 bits per heavy atom. The van der Waals surface area contributed by atoms with Crippen LogP contribution in [0.5, 0.6) is 0 Å². The summed E-state index contributed by atoms with van der Waals surface area (Å²) in [6.45, 7) is 0.510. The van der Waals surface area contributed by atoms with E-state index in [0.29, 0.717) is 32.2 Å². The predicted octanol–water partition coefficient (Wildman–Crippen LogP) is 3.83. The fraction of sp³-hybridized carbons (Fsp3) is 0.552. The van der Waals surface area contributed by atoms with Gasteiger partial charge in [0.15, 0.2) is 0 Å². The Balaban J connectivity index is 2.05. The van der Waals surface area contributed by atoms with Crippen LogP contribution < -0.4 is 10.8 Å². The van der Waals surface area contributed by atoms with Crippen molar-refractivity contribution < 1.29 is 33.9 Å². The van der Waals surface area contributed by atoms with Crippen molar-refractivity contribution >= 4 is 18.0 Å². The molecular weight excluding hydrogens is 544 g/mol. The molecule has 1 aliphatic carbocycles. The summed E-state index contributed by atoms with van der Waals surface area (Å²) in [5.41, 5.74) is 11.2. The molecule has 2 amide bonds. The first kappa shape index (κ1) is 34.1. The van der Waals surface area contributed by atoms with Gasteiger partial charge >= 0.3 is 12.1 Å². The number of alkyl carbamates (subject to hydrolysis) is 1. The van der Waals surface area contributed by atoms with E-state index >= 15 is 0 Å². The summed E-state index contributed by atoms with van der Waals surface area (Å²) in [4.78, 5) is 45.3. The number of hydrogen-bond acceptors (Lipinski definition) is 9. The van der Waals surface area contributed by atoms with Crippen LogP contribution in [-0.2, 0) is 30.3 Å². The van der Waals surface area contributed by atoms with E-state index in [-0.39, 0.29) is 31.8 Å². The summed E-state index contributed by atoms with van der Waals surface area (Å²) in [5, 5.41) is 16.2. The monoisotopic (exact) mass is 584 g/mol. The van der Waals surface area contributed by atoms with E-state index in [2.05, 4.69) is 21.3 Å². The van der Waals surface area contributed by atoms with E-state index in [1.807, 2.05) is 30.3 Å². The minimum atomic E-state index is -0.774. The highest BCUT2D eigenvalue weighted by molar-refractivity contribution is 5.76. The second kappa shape index (κ2) is 19.9. The number of nitrogens with one attached hydrogen (secondary N) is 2. The topological polar surface area (TPSA) is 175 Å². The van der Waals surface area contributed by atoms with Crippen molar-refractivity contribution in [1.82, 2.24) is 15.9 Å². The molecule has 0 heterocycles. The van der Waals surface area contributed by atoms with Gasteiger partial charge in [-0.3, -0.25) is 19.6 Å². The molecule has 0 unspecified atom stereocenters. The van der Waals surface area contributed by atoms with Crippen LogP contribution in [0.15, 0.2) is 47.6 Å². The molecule has 13 nitrogen and oxygen atoms in total. The van der Waals surface area contributed by atoms with E-state index in [4.69, 9.17) is 31.5 Å². The van der Waals surface area contributed by atoms with Crippen molar-refractivity contribution in [2.24, 2.45) is 11.0 Å². The molecule has 1 aromatic carbocycles. The highest BCUT2D eigenvalue weighted by Crippen LogP contribution is 2.36. The maximum absolute atomic E-state index is 12.8. The number of unbranched alkanes of at least 4 members (excludes halogenated alkanes) is 2. The lowest BCUT2D eigenvalue weighted by Crippen LogP contribution is -2.45. The number of benzene rings is 1. The zero-order valence-corrected chi connectivity index (χ0v) is 23.9. The number of methoxy groups -OCH3 is 1. The molecule has 3 N–H and O–H groups in total. The molecule has 1 aliphatic rings. The van der Waals surface area contributed by atoms with Crippen LogP contribution in [-0.4, -0.2) is 73.2 Å². The average Bonchev–Trinajstić information content (AvgIpc) is 3.85. The number of carbonyl (C=O) groups excluding carboxylic acids is 3. The Kier molecular flexibility index (Phi) is 16.2. The highest BCUT2D eigenvalue weighted by Gasteiger charge is 2.36. The molecular formula is C29H40N6O7. The molecule has 0 spiro atoms. The number of terminal acetylenes is 1. The Morgan fingerprint density at radius 3 is 2.64 bits per heavy atom. The summed E-state index contributed by atoms with van der Waals surface area (Å²) in [6.07, 6.45) is 11.9. The van der Waals surface area contributed by atoms with Gasteiger partial charge in [-0.05, 0) is 55.2 Å². The van der Waals surface area contributed by atoms with Crippen molar-refractivity contribution in [2.45, 2.75) is 69.6 Å². The molecule has 228 valence electrons.